The summed E-state index contributed by atoms with van der Waals surface area (Å²) in [7, 11) is 1.38. The van der Waals surface area contributed by atoms with Crippen LogP contribution in [0, 0.1) is 0 Å². The number of amides is 1. The van der Waals surface area contributed by atoms with E-state index in [0.29, 0.717) is 10.4 Å². The van der Waals surface area contributed by atoms with E-state index < -0.39 is 6.61 Å². The van der Waals surface area contributed by atoms with E-state index in [9.17, 15) is 18.7 Å². The SMILES string of the molecule is COc1ccc(O)cc1-c1nc(CNC(=O)c2ccccc2)nn1OC(F)F. The molecule has 1 aromatic heterocycles. The molecule has 0 saturated carbocycles. The number of hydrogen-bond acceptors (Lipinski definition) is 6. The quantitative estimate of drug-likeness (QED) is 0.642. The highest BCUT2D eigenvalue weighted by molar-refractivity contribution is 5.94. The number of aromatic hydroxyl groups is 1. The first kappa shape index (κ1) is 19.1. The molecule has 146 valence electrons. The molecule has 1 heterocycles. The van der Waals surface area contributed by atoms with Crippen LogP contribution >= 0.6 is 0 Å². The van der Waals surface area contributed by atoms with Crippen LogP contribution in [-0.4, -0.2) is 39.7 Å². The van der Waals surface area contributed by atoms with E-state index in [-0.39, 0.29) is 41.2 Å². The Bertz CT molecular complexity index is 963. The van der Waals surface area contributed by atoms with Gasteiger partial charge in [0.1, 0.15) is 11.5 Å². The molecule has 8 nitrogen and oxygen atoms in total. The molecular weight excluding hydrogens is 374 g/mol. The highest BCUT2D eigenvalue weighted by atomic mass is 19.3. The Hall–Kier alpha value is -3.69. The fourth-order valence-electron chi connectivity index (χ4n) is 2.45. The predicted molar refractivity (Wildman–Crippen MR) is 93.9 cm³/mol. The number of aromatic nitrogens is 3. The maximum absolute atomic E-state index is 12.8. The lowest BCUT2D eigenvalue weighted by molar-refractivity contribution is -0.141. The molecule has 3 rings (SSSR count). The summed E-state index contributed by atoms with van der Waals surface area (Å²) in [6.07, 6.45) is 0. The molecule has 0 spiro atoms. The first-order valence-electron chi connectivity index (χ1n) is 8.10. The van der Waals surface area contributed by atoms with Crippen LogP contribution in [0.4, 0.5) is 8.78 Å². The van der Waals surface area contributed by atoms with Crippen LogP contribution in [0.5, 0.6) is 11.5 Å². The first-order valence-corrected chi connectivity index (χ1v) is 8.10. The number of benzene rings is 2. The Balaban J connectivity index is 1.88. The van der Waals surface area contributed by atoms with Gasteiger partial charge in [0, 0.05) is 5.56 Å². The van der Waals surface area contributed by atoms with E-state index in [1.54, 1.807) is 30.3 Å². The second kappa shape index (κ2) is 8.33. The van der Waals surface area contributed by atoms with Crippen molar-refractivity contribution in [2.75, 3.05) is 7.11 Å². The molecule has 0 radical (unpaired) electrons. The normalized spacial score (nSPS) is 10.7. The average molecular weight is 390 g/mol. The van der Waals surface area contributed by atoms with E-state index in [2.05, 4.69) is 20.2 Å². The van der Waals surface area contributed by atoms with Crippen molar-refractivity contribution in [1.29, 1.82) is 0 Å². The van der Waals surface area contributed by atoms with Gasteiger partial charge < -0.3 is 20.0 Å². The molecule has 0 bridgehead atoms. The zero-order valence-corrected chi connectivity index (χ0v) is 14.7. The molecule has 0 atom stereocenters. The molecule has 0 unspecified atom stereocenters. The highest BCUT2D eigenvalue weighted by Gasteiger charge is 2.20. The predicted octanol–water partition coefficient (Wildman–Crippen LogP) is 2.24. The summed E-state index contributed by atoms with van der Waals surface area (Å²) in [6.45, 7) is -3.28. The van der Waals surface area contributed by atoms with Gasteiger partial charge in [0.05, 0.1) is 19.2 Å². The van der Waals surface area contributed by atoms with E-state index in [4.69, 9.17) is 4.74 Å². The third kappa shape index (κ3) is 4.34. The van der Waals surface area contributed by atoms with Crippen LogP contribution in [0.3, 0.4) is 0 Å². The fraction of sp³-hybridized carbons (Fsp3) is 0.167. The van der Waals surface area contributed by atoms with Crippen molar-refractivity contribution < 1.29 is 28.3 Å². The molecule has 0 fully saturated rings. The second-order valence-corrected chi connectivity index (χ2v) is 5.52. The lowest BCUT2D eigenvalue weighted by Gasteiger charge is -2.09. The smallest absolute Gasteiger partial charge is 0.407 e. The Morgan fingerprint density at radius 2 is 2.00 bits per heavy atom. The van der Waals surface area contributed by atoms with Gasteiger partial charge in [0.25, 0.3) is 5.91 Å². The minimum atomic E-state index is -3.16. The van der Waals surface area contributed by atoms with Crippen LogP contribution in [0.1, 0.15) is 16.2 Å². The first-order chi connectivity index (χ1) is 13.5. The van der Waals surface area contributed by atoms with Crippen LogP contribution in [0.2, 0.25) is 0 Å². The van der Waals surface area contributed by atoms with Gasteiger partial charge in [-0.05, 0) is 30.3 Å². The summed E-state index contributed by atoms with van der Waals surface area (Å²) in [5.74, 6) is -0.309. The molecule has 2 N–H and O–H groups in total. The third-order valence-corrected chi connectivity index (χ3v) is 3.67. The summed E-state index contributed by atoms with van der Waals surface area (Å²) < 4.78 is 30.7. The summed E-state index contributed by atoms with van der Waals surface area (Å²) in [5.41, 5.74) is 0.622. The van der Waals surface area contributed by atoms with E-state index in [1.807, 2.05) is 0 Å². The molecule has 28 heavy (non-hydrogen) atoms. The lowest BCUT2D eigenvalue weighted by atomic mass is 10.2. The zero-order chi connectivity index (χ0) is 20.1. The monoisotopic (exact) mass is 390 g/mol. The van der Waals surface area contributed by atoms with E-state index in [0.717, 1.165) is 0 Å². The van der Waals surface area contributed by atoms with E-state index >= 15 is 0 Å². The number of nitrogens with zero attached hydrogens (tertiary/aromatic N) is 3. The molecule has 0 saturated heterocycles. The van der Waals surface area contributed by atoms with Crippen LogP contribution < -0.4 is 14.9 Å². The molecule has 3 aromatic rings. The third-order valence-electron chi connectivity index (χ3n) is 3.67. The second-order valence-electron chi connectivity index (χ2n) is 5.52. The number of hydrogen-bond donors (Lipinski definition) is 2. The van der Waals surface area contributed by atoms with Gasteiger partial charge in [0.15, 0.2) is 5.82 Å². The van der Waals surface area contributed by atoms with Gasteiger partial charge in [-0.25, -0.2) is 4.98 Å². The number of phenols is 1. The maximum Gasteiger partial charge on any atom is 0.407 e. The summed E-state index contributed by atoms with van der Waals surface area (Å²) in [6, 6.07) is 12.6. The Morgan fingerprint density at radius 3 is 2.68 bits per heavy atom. The standard InChI is InChI=1S/C18H16F2N4O4/c1-27-14-8-7-12(25)9-13(14)16-22-15(23-24(16)28-18(19)20)10-21-17(26)11-5-3-2-4-6-11/h2-9,18,25H,10H2,1H3,(H,21,26). The minimum Gasteiger partial charge on any atom is -0.508 e. The summed E-state index contributed by atoms with van der Waals surface area (Å²) in [5, 5.41) is 16.2. The number of carbonyl (C=O) groups excluding carboxylic acids is 1. The van der Waals surface area contributed by atoms with Crippen LogP contribution in [0.15, 0.2) is 48.5 Å². The van der Waals surface area contributed by atoms with Crippen molar-refractivity contribution in [1.82, 2.24) is 20.2 Å². The molecule has 0 aliphatic carbocycles. The number of halogens is 2. The van der Waals surface area contributed by atoms with Crippen molar-refractivity contribution >= 4 is 5.91 Å². The van der Waals surface area contributed by atoms with Crippen molar-refractivity contribution in [3.63, 3.8) is 0 Å². The van der Waals surface area contributed by atoms with E-state index in [1.165, 1.54) is 25.3 Å². The van der Waals surface area contributed by atoms with Gasteiger partial charge in [-0.1, -0.05) is 23.0 Å². The average Bonchev–Trinajstić information content (AvgIpc) is 3.08. The Kier molecular flexibility index (Phi) is 5.68. The number of methoxy groups -OCH3 is 1. The minimum absolute atomic E-state index is 0.0327. The Morgan fingerprint density at radius 1 is 1.25 bits per heavy atom. The van der Waals surface area contributed by atoms with Crippen molar-refractivity contribution in [3.05, 3.63) is 59.9 Å². The lowest BCUT2D eigenvalue weighted by Crippen LogP contribution is -2.24. The molecule has 0 aliphatic rings. The Labute approximate surface area is 158 Å². The van der Waals surface area contributed by atoms with Crippen LogP contribution in [-0.2, 0) is 6.54 Å². The van der Waals surface area contributed by atoms with Crippen molar-refractivity contribution in [3.8, 4) is 22.9 Å². The molecule has 10 heteroatoms. The fourth-order valence-corrected chi connectivity index (χ4v) is 2.45. The largest absolute Gasteiger partial charge is 0.508 e. The zero-order valence-electron chi connectivity index (χ0n) is 14.7. The van der Waals surface area contributed by atoms with Crippen molar-refractivity contribution in [2.45, 2.75) is 13.2 Å². The topological polar surface area (TPSA) is 98.5 Å². The number of ether oxygens (including phenoxy) is 1. The van der Waals surface area contributed by atoms with Crippen LogP contribution in [0.25, 0.3) is 11.4 Å². The van der Waals surface area contributed by atoms with Gasteiger partial charge in [-0.2, -0.15) is 8.78 Å². The maximum atomic E-state index is 12.8. The van der Waals surface area contributed by atoms with Crippen molar-refractivity contribution in [2.24, 2.45) is 0 Å². The molecule has 0 aliphatic heterocycles. The number of rotatable bonds is 7. The highest BCUT2D eigenvalue weighted by Crippen LogP contribution is 2.31. The summed E-state index contributed by atoms with van der Waals surface area (Å²) in [4.78, 5) is 21.2. The molecule has 2 aromatic carbocycles. The van der Waals surface area contributed by atoms with Gasteiger partial charge >= 0.3 is 6.61 Å². The summed E-state index contributed by atoms with van der Waals surface area (Å²) >= 11 is 0. The number of carbonyl (C=O) groups is 1. The van der Waals surface area contributed by atoms with Gasteiger partial charge in [-0.3, -0.25) is 4.79 Å². The number of nitrogens with one attached hydrogen (secondary N) is 1. The number of phenolic OH excluding ortho intramolecular Hbond substituents is 1. The molecule has 1 amide bonds. The van der Waals surface area contributed by atoms with Gasteiger partial charge in [0.2, 0.25) is 5.82 Å². The molecular formula is C18H16F2N4O4. The number of alkyl halides is 2. The van der Waals surface area contributed by atoms with Gasteiger partial charge in [-0.15, -0.1) is 5.10 Å².